The van der Waals surface area contributed by atoms with Gasteiger partial charge in [-0.1, -0.05) is 17.7 Å². The Hall–Kier alpha value is -0.640. The lowest BCUT2D eigenvalue weighted by molar-refractivity contribution is -0.0592. The number of pyridine rings is 1. The number of hydrogen-bond donors (Lipinski definition) is 0. The number of aromatic nitrogens is 1. The fourth-order valence-corrected chi connectivity index (χ4v) is 3.13. The number of hydrogen-bond acceptors (Lipinski definition) is 3. The maximum atomic E-state index is 5.92. The topological polar surface area (TPSA) is 25.4 Å². The molecule has 0 amide bonds. The van der Waals surface area contributed by atoms with Gasteiger partial charge in [-0.15, -0.1) is 0 Å². The number of ether oxygens (including phenoxy) is 1. The molecule has 2 fully saturated rings. The average Bonchev–Trinajstić information content (AvgIpc) is 2.78. The summed E-state index contributed by atoms with van der Waals surface area (Å²) >= 11 is 5.92. The first kappa shape index (κ1) is 11.5. The first-order chi connectivity index (χ1) is 8.33. The van der Waals surface area contributed by atoms with Gasteiger partial charge in [-0.05, 0) is 31.4 Å². The largest absolute Gasteiger partial charge is 0.375 e. The minimum Gasteiger partial charge on any atom is -0.375 e. The molecule has 1 saturated heterocycles. The van der Waals surface area contributed by atoms with Crippen LogP contribution in [0, 0.1) is 0 Å². The summed E-state index contributed by atoms with van der Waals surface area (Å²) in [5, 5.41) is 0.582. The molecule has 1 aromatic heterocycles. The van der Waals surface area contributed by atoms with E-state index >= 15 is 0 Å². The van der Waals surface area contributed by atoms with E-state index in [4.69, 9.17) is 16.3 Å². The normalized spacial score (nSPS) is 29.2. The number of nitrogens with zero attached hydrogens (tertiary/aromatic N) is 2. The monoisotopic (exact) mass is 252 g/mol. The van der Waals surface area contributed by atoms with Crippen LogP contribution in [0.2, 0.25) is 5.15 Å². The summed E-state index contributed by atoms with van der Waals surface area (Å²) in [5.74, 6) is 0. The quantitative estimate of drug-likeness (QED) is 0.757. The lowest BCUT2D eigenvalue weighted by Crippen LogP contribution is -2.47. The predicted molar refractivity (Wildman–Crippen MR) is 67.0 cm³/mol. The maximum Gasteiger partial charge on any atom is 0.129 e. The van der Waals surface area contributed by atoms with Crippen molar-refractivity contribution in [1.29, 1.82) is 0 Å². The first-order valence-electron chi connectivity index (χ1n) is 6.30. The molecule has 92 valence electrons. The van der Waals surface area contributed by atoms with Crippen molar-refractivity contribution in [1.82, 2.24) is 9.88 Å². The third-order valence-electron chi connectivity index (χ3n) is 3.74. The van der Waals surface area contributed by atoms with Crippen molar-refractivity contribution in [3.8, 4) is 0 Å². The second-order valence-electron chi connectivity index (χ2n) is 4.83. The van der Waals surface area contributed by atoms with Gasteiger partial charge in [0.25, 0.3) is 0 Å². The SMILES string of the molecule is Clc1cccc(CN2CCOC3CCCC32)n1. The Morgan fingerprint density at radius 1 is 1.41 bits per heavy atom. The minimum atomic E-state index is 0.447. The van der Waals surface area contributed by atoms with Crippen molar-refractivity contribution in [2.75, 3.05) is 13.2 Å². The maximum absolute atomic E-state index is 5.92. The lowest BCUT2D eigenvalue weighted by Gasteiger charge is -2.37. The van der Waals surface area contributed by atoms with Crippen LogP contribution in [0.4, 0.5) is 0 Å². The van der Waals surface area contributed by atoms with Gasteiger partial charge in [-0.3, -0.25) is 4.90 Å². The van der Waals surface area contributed by atoms with Crippen molar-refractivity contribution < 1.29 is 4.74 Å². The van der Waals surface area contributed by atoms with Crippen molar-refractivity contribution in [3.63, 3.8) is 0 Å². The molecular weight excluding hydrogens is 236 g/mol. The number of halogens is 1. The van der Waals surface area contributed by atoms with Crippen molar-refractivity contribution in [3.05, 3.63) is 29.0 Å². The first-order valence-corrected chi connectivity index (χ1v) is 6.68. The van der Waals surface area contributed by atoms with Crippen LogP contribution in [0.25, 0.3) is 0 Å². The Kier molecular flexibility index (Phi) is 3.32. The summed E-state index contributed by atoms with van der Waals surface area (Å²) in [6.45, 7) is 2.75. The van der Waals surface area contributed by atoms with E-state index in [-0.39, 0.29) is 0 Å². The van der Waals surface area contributed by atoms with Crippen molar-refractivity contribution >= 4 is 11.6 Å². The van der Waals surface area contributed by atoms with E-state index in [2.05, 4.69) is 9.88 Å². The molecule has 0 radical (unpaired) electrons. The molecule has 0 N–H and O–H groups in total. The van der Waals surface area contributed by atoms with E-state index in [1.807, 2.05) is 18.2 Å². The van der Waals surface area contributed by atoms with Gasteiger partial charge < -0.3 is 4.74 Å². The smallest absolute Gasteiger partial charge is 0.129 e. The molecule has 3 nitrogen and oxygen atoms in total. The van der Waals surface area contributed by atoms with Crippen LogP contribution in [0.3, 0.4) is 0 Å². The molecule has 2 atom stereocenters. The van der Waals surface area contributed by atoms with Gasteiger partial charge >= 0.3 is 0 Å². The molecule has 17 heavy (non-hydrogen) atoms. The second kappa shape index (κ2) is 4.92. The van der Waals surface area contributed by atoms with Gasteiger partial charge in [-0.25, -0.2) is 4.98 Å². The standard InChI is InChI=1S/C13H17ClN2O/c14-13-6-1-3-10(15-13)9-16-7-8-17-12-5-2-4-11(12)16/h1,3,6,11-12H,2,4-5,7-9H2. The van der Waals surface area contributed by atoms with E-state index < -0.39 is 0 Å². The van der Waals surface area contributed by atoms with Gasteiger partial charge in [0.15, 0.2) is 0 Å². The van der Waals surface area contributed by atoms with Gasteiger partial charge in [-0.2, -0.15) is 0 Å². The predicted octanol–water partition coefficient (Wildman–Crippen LogP) is 2.49. The van der Waals surface area contributed by atoms with Gasteiger partial charge in [0.1, 0.15) is 5.15 Å². The van der Waals surface area contributed by atoms with E-state index in [0.717, 1.165) is 25.4 Å². The van der Waals surface area contributed by atoms with E-state index in [0.29, 0.717) is 17.3 Å². The van der Waals surface area contributed by atoms with Crippen LogP contribution in [0.15, 0.2) is 18.2 Å². The van der Waals surface area contributed by atoms with Crippen LogP contribution in [-0.2, 0) is 11.3 Å². The molecule has 2 aliphatic rings. The molecule has 1 aliphatic carbocycles. The molecule has 4 heteroatoms. The summed E-state index contributed by atoms with van der Waals surface area (Å²) in [6.07, 6.45) is 4.20. The molecule has 2 unspecified atom stereocenters. The summed E-state index contributed by atoms with van der Waals surface area (Å²) in [7, 11) is 0. The molecule has 1 aromatic rings. The highest BCUT2D eigenvalue weighted by Crippen LogP contribution is 2.30. The summed E-state index contributed by atoms with van der Waals surface area (Å²) in [6, 6.07) is 6.43. The zero-order valence-electron chi connectivity index (χ0n) is 9.81. The zero-order valence-corrected chi connectivity index (χ0v) is 10.6. The Labute approximate surface area is 107 Å². The van der Waals surface area contributed by atoms with Gasteiger partial charge in [0.2, 0.25) is 0 Å². The molecule has 1 saturated carbocycles. The number of morpholine rings is 1. The highest BCUT2D eigenvalue weighted by Gasteiger charge is 2.35. The second-order valence-corrected chi connectivity index (χ2v) is 5.22. The molecule has 0 bridgehead atoms. The third-order valence-corrected chi connectivity index (χ3v) is 3.95. The highest BCUT2D eigenvalue weighted by atomic mass is 35.5. The Morgan fingerprint density at radius 3 is 3.24 bits per heavy atom. The summed E-state index contributed by atoms with van der Waals surface area (Å²) in [4.78, 5) is 6.86. The Balaban J connectivity index is 1.71. The van der Waals surface area contributed by atoms with E-state index in [1.165, 1.54) is 19.3 Å². The number of fused-ring (bicyclic) bond motifs is 1. The lowest BCUT2D eigenvalue weighted by atomic mass is 10.1. The third kappa shape index (κ3) is 2.46. The summed E-state index contributed by atoms with van der Waals surface area (Å²) < 4.78 is 5.81. The van der Waals surface area contributed by atoms with E-state index in [1.54, 1.807) is 0 Å². The van der Waals surface area contributed by atoms with Crippen LogP contribution in [0.5, 0.6) is 0 Å². The minimum absolute atomic E-state index is 0.447. The van der Waals surface area contributed by atoms with Crippen LogP contribution >= 0.6 is 11.6 Å². The average molecular weight is 253 g/mol. The van der Waals surface area contributed by atoms with Crippen molar-refractivity contribution in [2.45, 2.75) is 38.0 Å². The zero-order chi connectivity index (χ0) is 11.7. The number of rotatable bonds is 2. The van der Waals surface area contributed by atoms with Gasteiger partial charge in [0, 0.05) is 19.1 Å². The molecule has 0 aromatic carbocycles. The molecule has 2 heterocycles. The highest BCUT2D eigenvalue weighted by molar-refractivity contribution is 6.29. The Morgan fingerprint density at radius 2 is 2.35 bits per heavy atom. The Bertz CT molecular complexity index is 399. The van der Waals surface area contributed by atoms with Crippen LogP contribution in [0.1, 0.15) is 25.0 Å². The molecule has 3 rings (SSSR count). The molecule has 0 spiro atoms. The van der Waals surface area contributed by atoms with Crippen molar-refractivity contribution in [2.24, 2.45) is 0 Å². The van der Waals surface area contributed by atoms with Crippen LogP contribution < -0.4 is 0 Å². The van der Waals surface area contributed by atoms with Crippen LogP contribution in [-0.4, -0.2) is 35.2 Å². The van der Waals surface area contributed by atoms with E-state index in [9.17, 15) is 0 Å². The fourth-order valence-electron chi connectivity index (χ4n) is 2.95. The summed E-state index contributed by atoms with van der Waals surface area (Å²) in [5.41, 5.74) is 1.06. The molecule has 1 aliphatic heterocycles. The fraction of sp³-hybridized carbons (Fsp3) is 0.615. The molecular formula is C13H17ClN2O. The van der Waals surface area contributed by atoms with Gasteiger partial charge in [0.05, 0.1) is 18.4 Å².